The molecule has 1 aliphatic rings. The molecule has 76 valence electrons. The largest absolute Gasteiger partial charge is 0.380 e. The molecule has 2 atom stereocenters. The lowest BCUT2D eigenvalue weighted by molar-refractivity contribution is 0.0864. The van der Waals surface area contributed by atoms with Gasteiger partial charge in [0.15, 0.2) is 0 Å². The summed E-state index contributed by atoms with van der Waals surface area (Å²) in [5.41, 5.74) is 1.37. The number of hydrogen-bond acceptors (Lipinski definition) is 2. The standard InChI is InChI=1S/C11H21NO/c1-9(2)7-8-12-10-5-4-6-11(10)13-3/h7,10-12H,4-6,8H2,1-3H3. The molecule has 0 amide bonds. The summed E-state index contributed by atoms with van der Waals surface area (Å²) in [5.74, 6) is 0. The van der Waals surface area contributed by atoms with Crippen LogP contribution in [0.5, 0.6) is 0 Å². The summed E-state index contributed by atoms with van der Waals surface area (Å²) in [6.45, 7) is 5.24. The summed E-state index contributed by atoms with van der Waals surface area (Å²) in [6, 6.07) is 0.570. The van der Waals surface area contributed by atoms with Gasteiger partial charge < -0.3 is 10.1 Å². The third kappa shape index (κ3) is 3.49. The van der Waals surface area contributed by atoms with Crippen molar-refractivity contribution in [3.8, 4) is 0 Å². The molecule has 13 heavy (non-hydrogen) atoms. The van der Waals surface area contributed by atoms with E-state index in [2.05, 4.69) is 25.2 Å². The lowest BCUT2D eigenvalue weighted by Crippen LogP contribution is -2.36. The lowest BCUT2D eigenvalue weighted by Gasteiger charge is -2.18. The van der Waals surface area contributed by atoms with E-state index in [0.717, 1.165) is 6.54 Å². The molecule has 0 bridgehead atoms. The maximum absolute atomic E-state index is 5.40. The van der Waals surface area contributed by atoms with E-state index >= 15 is 0 Å². The van der Waals surface area contributed by atoms with Crippen LogP contribution in [0.3, 0.4) is 0 Å². The van der Waals surface area contributed by atoms with Crippen molar-refractivity contribution in [2.75, 3.05) is 13.7 Å². The van der Waals surface area contributed by atoms with Gasteiger partial charge in [-0.15, -0.1) is 0 Å². The number of hydrogen-bond donors (Lipinski definition) is 1. The van der Waals surface area contributed by atoms with Gasteiger partial charge in [-0.1, -0.05) is 11.6 Å². The Labute approximate surface area is 81.4 Å². The molecule has 2 unspecified atom stereocenters. The van der Waals surface area contributed by atoms with Gasteiger partial charge >= 0.3 is 0 Å². The van der Waals surface area contributed by atoms with Crippen molar-refractivity contribution in [2.45, 2.75) is 45.3 Å². The molecule has 1 rings (SSSR count). The second kappa shape index (κ2) is 5.40. The Morgan fingerprint density at radius 1 is 1.46 bits per heavy atom. The van der Waals surface area contributed by atoms with E-state index in [1.165, 1.54) is 24.8 Å². The normalized spacial score (nSPS) is 27.6. The molecule has 0 aromatic heterocycles. The number of allylic oxidation sites excluding steroid dienone is 1. The monoisotopic (exact) mass is 183 g/mol. The molecular weight excluding hydrogens is 162 g/mol. The molecule has 0 aromatic rings. The fourth-order valence-electron chi connectivity index (χ4n) is 1.86. The molecule has 2 heteroatoms. The quantitative estimate of drug-likeness (QED) is 0.674. The van der Waals surface area contributed by atoms with Crippen LogP contribution in [-0.4, -0.2) is 25.8 Å². The Morgan fingerprint density at radius 3 is 2.85 bits per heavy atom. The Morgan fingerprint density at radius 2 is 2.23 bits per heavy atom. The van der Waals surface area contributed by atoms with Crippen molar-refractivity contribution >= 4 is 0 Å². The molecule has 1 saturated carbocycles. The molecule has 2 nitrogen and oxygen atoms in total. The van der Waals surface area contributed by atoms with Gasteiger partial charge in [0.05, 0.1) is 6.10 Å². The van der Waals surface area contributed by atoms with Gasteiger partial charge in [0.1, 0.15) is 0 Å². The molecule has 0 aliphatic heterocycles. The molecule has 0 spiro atoms. The van der Waals surface area contributed by atoms with Gasteiger partial charge in [0.2, 0.25) is 0 Å². The predicted molar refractivity (Wildman–Crippen MR) is 55.9 cm³/mol. The zero-order valence-corrected chi connectivity index (χ0v) is 8.97. The maximum Gasteiger partial charge on any atom is 0.0724 e. The Hall–Kier alpha value is -0.340. The van der Waals surface area contributed by atoms with Crippen LogP contribution in [0, 0.1) is 0 Å². The summed E-state index contributed by atoms with van der Waals surface area (Å²) >= 11 is 0. The van der Waals surface area contributed by atoms with Crippen molar-refractivity contribution in [3.63, 3.8) is 0 Å². The summed E-state index contributed by atoms with van der Waals surface area (Å²) in [5, 5.41) is 3.51. The van der Waals surface area contributed by atoms with Crippen LogP contribution in [0.2, 0.25) is 0 Å². The number of nitrogens with one attached hydrogen (secondary N) is 1. The first-order valence-corrected chi connectivity index (χ1v) is 5.13. The second-order valence-electron chi connectivity index (χ2n) is 4.00. The van der Waals surface area contributed by atoms with Crippen LogP contribution in [0.1, 0.15) is 33.1 Å². The number of ether oxygens (including phenoxy) is 1. The third-order valence-corrected chi connectivity index (χ3v) is 2.65. The first kappa shape index (κ1) is 10.7. The molecular formula is C11H21NO. The zero-order valence-electron chi connectivity index (χ0n) is 8.97. The van der Waals surface area contributed by atoms with E-state index in [1.54, 1.807) is 0 Å². The highest BCUT2D eigenvalue weighted by atomic mass is 16.5. The average Bonchev–Trinajstić information content (AvgIpc) is 2.51. The highest BCUT2D eigenvalue weighted by Crippen LogP contribution is 2.21. The van der Waals surface area contributed by atoms with Crippen molar-refractivity contribution in [1.29, 1.82) is 0 Å². The van der Waals surface area contributed by atoms with Gasteiger partial charge in [0.25, 0.3) is 0 Å². The Balaban J connectivity index is 2.24. The highest BCUT2D eigenvalue weighted by molar-refractivity contribution is 4.96. The molecule has 1 aliphatic carbocycles. The number of methoxy groups -OCH3 is 1. The van der Waals surface area contributed by atoms with Crippen LogP contribution in [0.4, 0.5) is 0 Å². The van der Waals surface area contributed by atoms with E-state index in [0.29, 0.717) is 12.1 Å². The zero-order chi connectivity index (χ0) is 9.68. The van der Waals surface area contributed by atoms with E-state index in [4.69, 9.17) is 4.74 Å². The minimum atomic E-state index is 0.436. The first-order chi connectivity index (χ1) is 6.24. The maximum atomic E-state index is 5.40. The average molecular weight is 183 g/mol. The van der Waals surface area contributed by atoms with Crippen molar-refractivity contribution in [3.05, 3.63) is 11.6 Å². The van der Waals surface area contributed by atoms with Crippen LogP contribution >= 0.6 is 0 Å². The van der Waals surface area contributed by atoms with Crippen molar-refractivity contribution in [1.82, 2.24) is 5.32 Å². The Kier molecular flexibility index (Phi) is 4.46. The summed E-state index contributed by atoms with van der Waals surface area (Å²) in [6.07, 6.45) is 6.43. The fourth-order valence-corrected chi connectivity index (χ4v) is 1.86. The number of rotatable bonds is 4. The van der Waals surface area contributed by atoms with Gasteiger partial charge in [-0.05, 0) is 33.1 Å². The minimum Gasteiger partial charge on any atom is -0.380 e. The highest BCUT2D eigenvalue weighted by Gasteiger charge is 2.25. The third-order valence-electron chi connectivity index (χ3n) is 2.65. The van der Waals surface area contributed by atoms with Gasteiger partial charge in [-0.2, -0.15) is 0 Å². The SMILES string of the molecule is COC1CCCC1NCC=C(C)C. The van der Waals surface area contributed by atoms with Crippen LogP contribution < -0.4 is 5.32 Å². The lowest BCUT2D eigenvalue weighted by atomic mass is 10.2. The van der Waals surface area contributed by atoms with E-state index < -0.39 is 0 Å². The summed E-state index contributed by atoms with van der Waals surface area (Å²) in [4.78, 5) is 0. The van der Waals surface area contributed by atoms with Crippen LogP contribution in [-0.2, 0) is 4.74 Å². The minimum absolute atomic E-state index is 0.436. The van der Waals surface area contributed by atoms with E-state index in [-0.39, 0.29) is 0 Å². The molecule has 0 heterocycles. The van der Waals surface area contributed by atoms with Crippen LogP contribution in [0.15, 0.2) is 11.6 Å². The predicted octanol–water partition coefficient (Wildman–Crippen LogP) is 2.11. The Bertz CT molecular complexity index is 173. The molecule has 0 aromatic carbocycles. The first-order valence-electron chi connectivity index (χ1n) is 5.13. The van der Waals surface area contributed by atoms with Gasteiger partial charge in [0, 0.05) is 19.7 Å². The summed E-state index contributed by atoms with van der Waals surface area (Å²) < 4.78 is 5.40. The molecule has 1 N–H and O–H groups in total. The van der Waals surface area contributed by atoms with Crippen molar-refractivity contribution < 1.29 is 4.74 Å². The molecule has 1 fully saturated rings. The molecule has 0 saturated heterocycles. The van der Waals surface area contributed by atoms with Gasteiger partial charge in [-0.25, -0.2) is 0 Å². The van der Waals surface area contributed by atoms with Crippen molar-refractivity contribution in [2.24, 2.45) is 0 Å². The second-order valence-corrected chi connectivity index (χ2v) is 4.00. The van der Waals surface area contributed by atoms with E-state index in [9.17, 15) is 0 Å². The summed E-state index contributed by atoms with van der Waals surface area (Å²) in [7, 11) is 1.81. The van der Waals surface area contributed by atoms with Gasteiger partial charge in [-0.3, -0.25) is 0 Å². The van der Waals surface area contributed by atoms with Crippen LogP contribution in [0.25, 0.3) is 0 Å². The molecule has 0 radical (unpaired) electrons. The topological polar surface area (TPSA) is 21.3 Å². The van der Waals surface area contributed by atoms with E-state index in [1.807, 2.05) is 7.11 Å². The smallest absolute Gasteiger partial charge is 0.0724 e. The fraction of sp³-hybridized carbons (Fsp3) is 0.818.